The van der Waals surface area contributed by atoms with Gasteiger partial charge in [0.25, 0.3) is 0 Å². The molecule has 0 amide bonds. The summed E-state index contributed by atoms with van der Waals surface area (Å²) in [4.78, 5) is 0. The van der Waals surface area contributed by atoms with Crippen molar-refractivity contribution in [3.8, 4) is 34.1 Å². The molecule has 0 spiro atoms. The van der Waals surface area contributed by atoms with Crippen LogP contribution in [0.5, 0.6) is 23.0 Å². The van der Waals surface area contributed by atoms with E-state index < -0.39 is 18.1 Å². The zero-order valence-corrected chi connectivity index (χ0v) is 24.3. The molecule has 3 aromatic carbocycles. The largest absolute Gasteiger partial charge is 0.493 e. The maximum Gasteiger partial charge on any atom is 0.389 e. The smallest absolute Gasteiger partial charge is 0.389 e. The monoisotopic (exact) mass is 609 g/mol. The molecular weight excluding hydrogens is 575 g/mol. The predicted molar refractivity (Wildman–Crippen MR) is 154 cm³/mol. The van der Waals surface area contributed by atoms with Crippen LogP contribution in [0.3, 0.4) is 0 Å². The minimum atomic E-state index is -4.28. The quantitative estimate of drug-likeness (QED) is 0.198. The summed E-state index contributed by atoms with van der Waals surface area (Å²) in [6.45, 7) is 4.15. The van der Waals surface area contributed by atoms with E-state index in [-0.39, 0.29) is 44.4 Å². The highest BCUT2D eigenvalue weighted by Gasteiger charge is 2.26. The molecule has 0 saturated carbocycles. The Labute approximate surface area is 248 Å². The molecule has 228 valence electrons. The van der Waals surface area contributed by atoms with Gasteiger partial charge in [0.05, 0.1) is 30.4 Å². The van der Waals surface area contributed by atoms with Gasteiger partial charge in [-0.1, -0.05) is 35.9 Å². The van der Waals surface area contributed by atoms with Gasteiger partial charge in [0.1, 0.15) is 31.3 Å². The molecule has 1 heterocycles. The fraction of sp³-hybridized carbons (Fsp3) is 0.419. The zero-order valence-electron chi connectivity index (χ0n) is 23.5. The van der Waals surface area contributed by atoms with Crippen LogP contribution < -0.4 is 24.3 Å². The summed E-state index contributed by atoms with van der Waals surface area (Å²) < 4.78 is 61.1. The molecule has 1 aliphatic heterocycles. The van der Waals surface area contributed by atoms with Crippen LogP contribution in [0.15, 0.2) is 48.5 Å². The Balaban J connectivity index is 1.53. The van der Waals surface area contributed by atoms with Crippen LogP contribution in [0.4, 0.5) is 13.2 Å². The molecule has 3 aromatic rings. The molecule has 3 N–H and O–H groups in total. The van der Waals surface area contributed by atoms with Crippen LogP contribution in [-0.4, -0.2) is 55.0 Å². The van der Waals surface area contributed by atoms with Crippen LogP contribution >= 0.6 is 11.6 Å². The van der Waals surface area contributed by atoms with E-state index in [9.17, 15) is 23.4 Å². The number of hydrogen-bond donors (Lipinski definition) is 3. The van der Waals surface area contributed by atoms with Crippen molar-refractivity contribution in [3.63, 3.8) is 0 Å². The number of hydrogen-bond acceptors (Lipinski definition) is 7. The molecule has 4 rings (SSSR count). The highest BCUT2D eigenvalue weighted by Crippen LogP contribution is 2.37. The van der Waals surface area contributed by atoms with Gasteiger partial charge in [0.2, 0.25) is 0 Å². The van der Waals surface area contributed by atoms with Crippen molar-refractivity contribution in [1.29, 1.82) is 0 Å². The zero-order chi connectivity index (χ0) is 30.3. The van der Waals surface area contributed by atoms with Gasteiger partial charge in [-0.25, -0.2) is 0 Å². The van der Waals surface area contributed by atoms with E-state index in [1.807, 2.05) is 43.3 Å². The summed E-state index contributed by atoms with van der Waals surface area (Å²) >= 11 is 6.56. The normalized spacial score (nSPS) is 13.2. The number of halogens is 4. The molecule has 11 heteroatoms. The lowest BCUT2D eigenvalue weighted by molar-refractivity contribution is -0.136. The summed E-state index contributed by atoms with van der Waals surface area (Å²) in [5.74, 6) is 2.01. The Morgan fingerprint density at radius 2 is 1.67 bits per heavy atom. The summed E-state index contributed by atoms with van der Waals surface area (Å²) in [6, 6.07) is 14.9. The van der Waals surface area contributed by atoms with Crippen LogP contribution in [0.25, 0.3) is 11.1 Å². The highest BCUT2D eigenvalue weighted by atomic mass is 35.5. The highest BCUT2D eigenvalue weighted by molar-refractivity contribution is 6.32. The number of ether oxygens (including phenoxy) is 4. The number of fused-ring (bicyclic) bond motifs is 1. The Kier molecular flexibility index (Phi) is 10.5. The first-order valence-corrected chi connectivity index (χ1v) is 14.0. The molecule has 0 aromatic heterocycles. The van der Waals surface area contributed by atoms with Crippen molar-refractivity contribution in [2.45, 2.75) is 51.6 Å². The number of benzene rings is 3. The SMILES string of the molecule is Cc1c(COc2cc(OCCCC(F)(F)F)c(CNC(C)(CO)CO)cc2Cl)cccc1-c1ccc2c(c1)OCCO2. The van der Waals surface area contributed by atoms with Gasteiger partial charge in [-0.3, -0.25) is 0 Å². The molecular formula is C31H35ClF3NO6. The lowest BCUT2D eigenvalue weighted by Gasteiger charge is -2.27. The molecule has 0 saturated heterocycles. The second kappa shape index (κ2) is 13.9. The number of nitrogens with one attached hydrogen (secondary N) is 1. The maximum atomic E-state index is 12.7. The summed E-state index contributed by atoms with van der Waals surface area (Å²) in [5.41, 5.74) is 3.46. The van der Waals surface area contributed by atoms with Gasteiger partial charge < -0.3 is 34.5 Å². The minimum absolute atomic E-state index is 0.142. The van der Waals surface area contributed by atoms with E-state index in [0.29, 0.717) is 41.8 Å². The second-order valence-electron chi connectivity index (χ2n) is 10.4. The van der Waals surface area contributed by atoms with Gasteiger partial charge in [-0.05, 0) is 60.7 Å². The molecule has 0 radical (unpaired) electrons. The predicted octanol–water partition coefficient (Wildman–Crippen LogP) is 6.22. The van der Waals surface area contributed by atoms with Crippen molar-refractivity contribution in [1.82, 2.24) is 5.32 Å². The van der Waals surface area contributed by atoms with Crippen molar-refractivity contribution in [3.05, 3.63) is 70.2 Å². The molecule has 0 aliphatic carbocycles. The van der Waals surface area contributed by atoms with Crippen molar-refractivity contribution < 1.29 is 42.3 Å². The van der Waals surface area contributed by atoms with Gasteiger partial charge in [-0.15, -0.1) is 0 Å². The molecule has 1 aliphatic rings. The lowest BCUT2D eigenvalue weighted by atomic mass is 9.96. The van der Waals surface area contributed by atoms with E-state index in [1.54, 1.807) is 19.1 Å². The Bertz CT molecular complexity index is 1360. The number of alkyl halides is 3. The van der Waals surface area contributed by atoms with Crippen molar-refractivity contribution in [2.24, 2.45) is 0 Å². The van der Waals surface area contributed by atoms with Gasteiger partial charge in [0, 0.05) is 24.6 Å². The summed E-state index contributed by atoms with van der Waals surface area (Å²) in [6.07, 6.45) is -5.46. The first kappa shape index (κ1) is 31.7. The lowest BCUT2D eigenvalue weighted by Crippen LogP contribution is -2.48. The first-order valence-electron chi connectivity index (χ1n) is 13.6. The standard InChI is InChI=1S/C31H35ClF3NO6/c1-20-22(5-3-6-24(20)21-7-8-26-29(14-21)41-12-11-40-26)17-42-28-15-27(39-10-4-9-31(33,34)35)23(13-25(28)32)16-36-30(2,18-37)19-38/h3,5-8,13-15,36-38H,4,9-12,16-19H2,1-2H3. The average molecular weight is 610 g/mol. The van der Waals surface area contributed by atoms with E-state index in [4.69, 9.17) is 30.5 Å². The summed E-state index contributed by atoms with van der Waals surface area (Å²) in [5, 5.41) is 22.5. The average Bonchev–Trinajstić information content (AvgIpc) is 2.98. The second-order valence-corrected chi connectivity index (χ2v) is 10.8. The number of rotatable bonds is 13. The molecule has 7 nitrogen and oxygen atoms in total. The molecule has 0 fully saturated rings. The van der Waals surface area contributed by atoms with Crippen LogP contribution in [0.2, 0.25) is 5.02 Å². The molecule has 0 atom stereocenters. The molecule has 0 bridgehead atoms. The third kappa shape index (κ3) is 8.22. The van der Waals surface area contributed by atoms with Gasteiger partial charge in [-0.2, -0.15) is 13.2 Å². The fourth-order valence-electron chi connectivity index (χ4n) is 4.40. The Morgan fingerprint density at radius 1 is 0.929 bits per heavy atom. The minimum Gasteiger partial charge on any atom is -0.493 e. The van der Waals surface area contributed by atoms with Gasteiger partial charge >= 0.3 is 6.18 Å². The Hall–Kier alpha value is -3.18. The third-order valence-corrected chi connectivity index (χ3v) is 7.36. The number of aliphatic hydroxyl groups is 2. The fourth-order valence-corrected chi connectivity index (χ4v) is 4.64. The Morgan fingerprint density at radius 3 is 2.38 bits per heavy atom. The molecule has 42 heavy (non-hydrogen) atoms. The summed E-state index contributed by atoms with van der Waals surface area (Å²) in [7, 11) is 0. The van der Waals surface area contributed by atoms with Crippen molar-refractivity contribution in [2.75, 3.05) is 33.0 Å². The van der Waals surface area contributed by atoms with E-state index in [0.717, 1.165) is 22.3 Å². The topological polar surface area (TPSA) is 89.4 Å². The maximum absolute atomic E-state index is 12.7. The van der Waals surface area contributed by atoms with E-state index in [1.165, 1.54) is 0 Å². The van der Waals surface area contributed by atoms with Crippen LogP contribution in [-0.2, 0) is 13.2 Å². The van der Waals surface area contributed by atoms with Gasteiger partial charge in [0.15, 0.2) is 11.5 Å². The number of aliphatic hydroxyl groups excluding tert-OH is 2. The molecule has 0 unspecified atom stereocenters. The van der Waals surface area contributed by atoms with Crippen molar-refractivity contribution >= 4 is 11.6 Å². The first-order chi connectivity index (χ1) is 20.0. The van der Waals surface area contributed by atoms with E-state index >= 15 is 0 Å². The van der Waals surface area contributed by atoms with Crippen LogP contribution in [0, 0.1) is 6.92 Å². The third-order valence-electron chi connectivity index (χ3n) is 7.06. The van der Waals surface area contributed by atoms with E-state index in [2.05, 4.69) is 5.32 Å². The van der Waals surface area contributed by atoms with Crippen LogP contribution in [0.1, 0.15) is 36.5 Å².